The number of carbonyl (C=O) groups excluding carboxylic acids is 1. The third kappa shape index (κ3) is 6.40. The first-order chi connectivity index (χ1) is 14.4. The number of hydrogen-bond donors (Lipinski definition) is 0. The van der Waals surface area contributed by atoms with Gasteiger partial charge < -0.3 is 18.6 Å². The van der Waals surface area contributed by atoms with Gasteiger partial charge in [-0.3, -0.25) is 4.21 Å². The lowest BCUT2D eigenvalue weighted by Crippen LogP contribution is -2.23. The van der Waals surface area contributed by atoms with Crippen LogP contribution in [0.15, 0.2) is 26.4 Å². The minimum atomic E-state index is -4.80. The molecule has 31 heavy (non-hydrogen) atoms. The molecule has 1 aromatic heterocycles. The molecule has 2 rings (SSSR count). The molecule has 2 atom stereocenters. The average molecular weight is 484 g/mol. The Kier molecular flexibility index (Phi) is 8.01. The molecule has 0 aliphatic rings. The summed E-state index contributed by atoms with van der Waals surface area (Å²) in [6, 6.07) is 1.36. The lowest BCUT2D eigenvalue weighted by Gasteiger charge is -2.19. The zero-order valence-electron chi connectivity index (χ0n) is 16.7. The topological polar surface area (TPSA) is 113 Å². The molecule has 2 aromatic rings. The lowest BCUT2D eigenvalue weighted by molar-refractivity contribution is -0.139. The highest BCUT2D eigenvalue weighted by atomic mass is 35.5. The molecule has 0 amide bonds. The van der Waals surface area contributed by atoms with Crippen LogP contribution < -0.4 is 0 Å². The fourth-order valence-electron chi connectivity index (χ4n) is 2.26. The predicted molar refractivity (Wildman–Crippen MR) is 103 cm³/mol. The Morgan fingerprint density at radius 1 is 1.32 bits per heavy atom. The van der Waals surface area contributed by atoms with Gasteiger partial charge in [0.05, 0.1) is 38.5 Å². The SMILES string of the molecule is CCOC(=O)OC(C)OC(=Nc1nnc(C)o1)c1ccc(C(F)(F)F)c(S(C)=O)c1Cl. The average Bonchev–Trinajstić information content (AvgIpc) is 3.04. The van der Waals surface area contributed by atoms with Gasteiger partial charge in [0, 0.05) is 20.1 Å². The number of carbonyl (C=O) groups is 1. The van der Waals surface area contributed by atoms with E-state index in [1.165, 1.54) is 13.8 Å². The summed E-state index contributed by atoms with van der Waals surface area (Å²) in [5.41, 5.74) is -1.35. The van der Waals surface area contributed by atoms with Gasteiger partial charge in [0.1, 0.15) is 0 Å². The van der Waals surface area contributed by atoms with Gasteiger partial charge in [0.2, 0.25) is 18.1 Å². The summed E-state index contributed by atoms with van der Waals surface area (Å²) in [4.78, 5) is 14.8. The first-order valence-corrected chi connectivity index (χ1v) is 10.5. The molecule has 0 saturated heterocycles. The molecule has 0 N–H and O–H groups in total. The van der Waals surface area contributed by atoms with E-state index < -0.39 is 50.8 Å². The highest BCUT2D eigenvalue weighted by molar-refractivity contribution is 7.84. The fourth-order valence-corrected chi connectivity index (χ4v) is 3.69. The molecule has 0 aliphatic carbocycles. The number of halogens is 4. The number of aryl methyl sites for hydroxylation is 1. The van der Waals surface area contributed by atoms with Crippen LogP contribution in [0.3, 0.4) is 0 Å². The minimum Gasteiger partial charge on any atom is -0.437 e. The van der Waals surface area contributed by atoms with E-state index in [0.717, 1.165) is 12.3 Å². The van der Waals surface area contributed by atoms with Crippen LogP contribution in [-0.4, -0.2) is 45.6 Å². The maximum atomic E-state index is 13.3. The van der Waals surface area contributed by atoms with Crippen molar-refractivity contribution in [3.63, 3.8) is 0 Å². The number of nitrogens with zero attached hydrogens (tertiary/aromatic N) is 3. The molecule has 170 valence electrons. The molecule has 9 nitrogen and oxygen atoms in total. The van der Waals surface area contributed by atoms with E-state index in [-0.39, 0.29) is 24.1 Å². The Morgan fingerprint density at radius 2 is 2.00 bits per heavy atom. The molecule has 2 unspecified atom stereocenters. The second-order valence-corrected chi connectivity index (χ2v) is 7.46. The lowest BCUT2D eigenvalue weighted by atomic mass is 10.1. The van der Waals surface area contributed by atoms with Crippen LogP contribution >= 0.6 is 11.6 Å². The van der Waals surface area contributed by atoms with Crippen molar-refractivity contribution < 1.29 is 40.8 Å². The maximum Gasteiger partial charge on any atom is 0.511 e. The van der Waals surface area contributed by atoms with Crippen molar-refractivity contribution in [2.45, 2.75) is 38.1 Å². The van der Waals surface area contributed by atoms with Gasteiger partial charge in [0.25, 0.3) is 0 Å². The van der Waals surface area contributed by atoms with E-state index in [4.69, 9.17) is 25.5 Å². The Hall–Kier alpha value is -2.67. The van der Waals surface area contributed by atoms with Crippen molar-refractivity contribution in [3.8, 4) is 0 Å². The summed E-state index contributed by atoms with van der Waals surface area (Å²) in [7, 11) is -2.11. The summed E-state index contributed by atoms with van der Waals surface area (Å²) < 4.78 is 72.1. The van der Waals surface area contributed by atoms with Gasteiger partial charge in [0.15, 0.2) is 0 Å². The molecule has 0 fully saturated rings. The van der Waals surface area contributed by atoms with E-state index in [1.54, 1.807) is 6.92 Å². The van der Waals surface area contributed by atoms with E-state index >= 15 is 0 Å². The number of benzene rings is 1. The first kappa shape index (κ1) is 24.6. The number of ether oxygens (including phenoxy) is 3. The van der Waals surface area contributed by atoms with Crippen LogP contribution in [0.1, 0.15) is 30.9 Å². The zero-order valence-corrected chi connectivity index (χ0v) is 18.2. The molecule has 1 aromatic carbocycles. The zero-order chi connectivity index (χ0) is 23.3. The maximum absolute atomic E-state index is 13.3. The molecule has 0 saturated carbocycles. The molecular weight excluding hydrogens is 467 g/mol. The number of alkyl halides is 3. The van der Waals surface area contributed by atoms with E-state index in [0.29, 0.717) is 6.07 Å². The van der Waals surface area contributed by atoms with E-state index in [2.05, 4.69) is 19.9 Å². The van der Waals surface area contributed by atoms with Crippen molar-refractivity contribution in [1.82, 2.24) is 10.2 Å². The third-order valence-corrected chi connectivity index (χ3v) is 4.94. The molecular formula is C17H17ClF3N3O6S. The van der Waals surface area contributed by atoms with Crippen LogP contribution in [0.4, 0.5) is 24.0 Å². The van der Waals surface area contributed by atoms with Gasteiger partial charge >= 0.3 is 18.3 Å². The first-order valence-electron chi connectivity index (χ1n) is 8.56. The predicted octanol–water partition coefficient (Wildman–Crippen LogP) is 4.40. The number of aliphatic imine (C=N–C) groups is 1. The normalized spacial score (nSPS) is 14.1. The van der Waals surface area contributed by atoms with Gasteiger partial charge in [-0.25, -0.2) is 4.79 Å². The Balaban J connectivity index is 2.56. The van der Waals surface area contributed by atoms with Crippen molar-refractivity contribution in [2.24, 2.45) is 4.99 Å². The third-order valence-electron chi connectivity index (χ3n) is 3.43. The molecule has 0 radical (unpaired) electrons. The monoisotopic (exact) mass is 483 g/mol. The molecule has 0 bridgehead atoms. The van der Waals surface area contributed by atoms with E-state index in [1.807, 2.05) is 0 Å². The Bertz CT molecular complexity index is 1010. The summed E-state index contributed by atoms with van der Waals surface area (Å²) in [6.45, 7) is 4.40. The number of rotatable bonds is 6. The second kappa shape index (κ2) is 10.1. The summed E-state index contributed by atoms with van der Waals surface area (Å²) in [5, 5.41) is 6.72. The molecule has 14 heteroatoms. The van der Waals surface area contributed by atoms with Crippen LogP contribution in [0.25, 0.3) is 0 Å². The summed E-state index contributed by atoms with van der Waals surface area (Å²) >= 11 is 6.17. The van der Waals surface area contributed by atoms with Crippen LogP contribution in [0.2, 0.25) is 5.02 Å². The number of hydrogen-bond acceptors (Lipinski definition) is 9. The van der Waals surface area contributed by atoms with Crippen molar-refractivity contribution in [2.75, 3.05) is 12.9 Å². The summed E-state index contributed by atoms with van der Waals surface area (Å²) in [6.07, 6.45) is -6.09. The number of aromatic nitrogens is 2. The van der Waals surface area contributed by atoms with Gasteiger partial charge in [-0.1, -0.05) is 16.7 Å². The van der Waals surface area contributed by atoms with Crippen molar-refractivity contribution >= 4 is 40.5 Å². The van der Waals surface area contributed by atoms with Crippen molar-refractivity contribution in [3.05, 3.63) is 34.2 Å². The van der Waals surface area contributed by atoms with Gasteiger partial charge in [-0.2, -0.15) is 18.2 Å². The standard InChI is InChI=1S/C17H17ClF3N3O6S/c1-5-27-16(25)30-9(3)29-14(22-15-24-23-8(2)28-15)10-6-7-11(17(19,20)21)13(12(10)18)31(4)26/h6-7,9H,5H2,1-4H3. The smallest absolute Gasteiger partial charge is 0.437 e. The summed E-state index contributed by atoms with van der Waals surface area (Å²) in [5.74, 6) is -0.256. The highest BCUT2D eigenvalue weighted by Crippen LogP contribution is 2.38. The molecule has 0 aliphatic heterocycles. The van der Waals surface area contributed by atoms with Gasteiger partial charge in [-0.05, 0) is 19.1 Å². The largest absolute Gasteiger partial charge is 0.511 e. The molecule has 0 spiro atoms. The fraction of sp³-hybridized carbons (Fsp3) is 0.412. The second-order valence-electron chi connectivity index (χ2n) is 5.76. The minimum absolute atomic E-state index is 0.0458. The highest BCUT2D eigenvalue weighted by Gasteiger charge is 2.37. The van der Waals surface area contributed by atoms with Crippen LogP contribution in [-0.2, 0) is 31.2 Å². The van der Waals surface area contributed by atoms with Crippen molar-refractivity contribution in [1.29, 1.82) is 0 Å². The Labute approximate surface area is 182 Å². The quantitative estimate of drug-likeness (QED) is 0.257. The Morgan fingerprint density at radius 3 is 2.52 bits per heavy atom. The van der Waals surface area contributed by atoms with Crippen LogP contribution in [0, 0.1) is 6.92 Å². The molecule has 1 heterocycles. The van der Waals surface area contributed by atoms with E-state index in [9.17, 15) is 22.2 Å². The van der Waals surface area contributed by atoms with Crippen LogP contribution in [0.5, 0.6) is 0 Å². The van der Waals surface area contributed by atoms with Gasteiger partial charge in [-0.15, -0.1) is 5.10 Å².